The van der Waals surface area contributed by atoms with Crippen molar-refractivity contribution >= 4 is 11.9 Å². The summed E-state index contributed by atoms with van der Waals surface area (Å²) in [6.07, 6.45) is 4.08. The number of hydrogen-bond donors (Lipinski definition) is 0. The number of carbonyl (C=O) groups is 2. The van der Waals surface area contributed by atoms with Crippen LogP contribution in [0.1, 0.15) is 44.2 Å². The van der Waals surface area contributed by atoms with Crippen molar-refractivity contribution < 1.29 is 19.1 Å². The minimum Gasteiger partial charge on any atom is -0.497 e. The SMILES string of the molecule is CCOC(=O)CN(CC(=O)N1CCCC1c1ccc(OC)cc1)C1CC1. The molecule has 1 saturated carbocycles. The molecular weight excluding hydrogens is 332 g/mol. The highest BCUT2D eigenvalue weighted by atomic mass is 16.5. The van der Waals surface area contributed by atoms with Gasteiger partial charge in [0.15, 0.2) is 0 Å². The molecule has 3 rings (SSSR count). The molecule has 1 unspecified atom stereocenters. The normalized spacial score (nSPS) is 19.7. The molecule has 0 bridgehead atoms. The Balaban J connectivity index is 1.63. The predicted octanol–water partition coefficient (Wildman–Crippen LogP) is 2.39. The summed E-state index contributed by atoms with van der Waals surface area (Å²) < 4.78 is 10.3. The molecule has 6 heteroatoms. The van der Waals surface area contributed by atoms with Crippen LogP contribution in [0.25, 0.3) is 0 Å². The van der Waals surface area contributed by atoms with Crippen molar-refractivity contribution in [1.82, 2.24) is 9.80 Å². The summed E-state index contributed by atoms with van der Waals surface area (Å²) in [5, 5.41) is 0. The summed E-state index contributed by atoms with van der Waals surface area (Å²) in [7, 11) is 1.65. The van der Waals surface area contributed by atoms with E-state index in [4.69, 9.17) is 9.47 Å². The lowest BCUT2D eigenvalue weighted by molar-refractivity contribution is -0.145. The van der Waals surface area contributed by atoms with Crippen molar-refractivity contribution in [1.29, 1.82) is 0 Å². The van der Waals surface area contributed by atoms with E-state index < -0.39 is 0 Å². The van der Waals surface area contributed by atoms with Gasteiger partial charge in [-0.15, -0.1) is 0 Å². The number of nitrogens with zero attached hydrogens (tertiary/aromatic N) is 2. The molecule has 1 aromatic rings. The lowest BCUT2D eigenvalue weighted by Crippen LogP contribution is -2.43. The molecule has 1 aromatic carbocycles. The number of hydrogen-bond acceptors (Lipinski definition) is 5. The molecule has 142 valence electrons. The van der Waals surface area contributed by atoms with Crippen molar-refractivity contribution in [3.8, 4) is 5.75 Å². The van der Waals surface area contributed by atoms with Crippen LogP contribution in [0.15, 0.2) is 24.3 Å². The first-order valence-corrected chi connectivity index (χ1v) is 9.45. The molecule has 0 aromatic heterocycles. The van der Waals surface area contributed by atoms with E-state index in [1.807, 2.05) is 34.1 Å². The summed E-state index contributed by atoms with van der Waals surface area (Å²) in [6.45, 7) is 3.43. The van der Waals surface area contributed by atoms with Crippen LogP contribution in [0.3, 0.4) is 0 Å². The van der Waals surface area contributed by atoms with E-state index in [1.165, 1.54) is 0 Å². The lowest BCUT2D eigenvalue weighted by Gasteiger charge is -2.28. The predicted molar refractivity (Wildman–Crippen MR) is 97.9 cm³/mol. The average molecular weight is 360 g/mol. The fraction of sp³-hybridized carbons (Fsp3) is 0.600. The molecule has 1 heterocycles. The monoisotopic (exact) mass is 360 g/mol. The zero-order valence-electron chi connectivity index (χ0n) is 15.6. The summed E-state index contributed by atoms with van der Waals surface area (Å²) >= 11 is 0. The molecule has 1 aliphatic carbocycles. The molecule has 0 radical (unpaired) electrons. The minimum atomic E-state index is -0.250. The van der Waals surface area contributed by atoms with Gasteiger partial charge in [-0.25, -0.2) is 0 Å². The highest BCUT2D eigenvalue weighted by Gasteiger charge is 2.35. The first kappa shape index (κ1) is 18.7. The first-order valence-electron chi connectivity index (χ1n) is 9.45. The van der Waals surface area contributed by atoms with E-state index in [1.54, 1.807) is 14.0 Å². The van der Waals surface area contributed by atoms with E-state index in [0.29, 0.717) is 12.6 Å². The molecule has 0 spiro atoms. The van der Waals surface area contributed by atoms with Crippen molar-refractivity contribution in [3.63, 3.8) is 0 Å². The Hall–Kier alpha value is -2.08. The van der Waals surface area contributed by atoms with Crippen LogP contribution in [0.5, 0.6) is 5.75 Å². The van der Waals surface area contributed by atoms with Gasteiger partial charge in [0.1, 0.15) is 5.75 Å². The Morgan fingerprint density at radius 1 is 1.15 bits per heavy atom. The molecule has 1 saturated heterocycles. The van der Waals surface area contributed by atoms with E-state index >= 15 is 0 Å². The largest absolute Gasteiger partial charge is 0.497 e. The molecule has 26 heavy (non-hydrogen) atoms. The zero-order valence-corrected chi connectivity index (χ0v) is 15.6. The van der Waals surface area contributed by atoms with Crippen LogP contribution in [-0.2, 0) is 14.3 Å². The van der Waals surface area contributed by atoms with Crippen molar-refractivity contribution in [3.05, 3.63) is 29.8 Å². The van der Waals surface area contributed by atoms with E-state index in [2.05, 4.69) is 0 Å². The maximum atomic E-state index is 12.9. The number of amides is 1. The highest BCUT2D eigenvalue weighted by Crippen LogP contribution is 2.33. The fourth-order valence-electron chi connectivity index (χ4n) is 3.63. The maximum absolute atomic E-state index is 12.9. The van der Waals surface area contributed by atoms with Gasteiger partial charge in [0.2, 0.25) is 5.91 Å². The number of carbonyl (C=O) groups excluding carboxylic acids is 2. The molecule has 2 aliphatic rings. The Morgan fingerprint density at radius 2 is 1.88 bits per heavy atom. The summed E-state index contributed by atoms with van der Waals surface area (Å²) in [6, 6.07) is 8.39. The summed E-state index contributed by atoms with van der Waals surface area (Å²) in [4.78, 5) is 28.7. The maximum Gasteiger partial charge on any atom is 0.320 e. The van der Waals surface area contributed by atoms with E-state index in [-0.39, 0.29) is 31.0 Å². The van der Waals surface area contributed by atoms with Crippen LogP contribution in [-0.4, -0.2) is 61.1 Å². The second-order valence-corrected chi connectivity index (χ2v) is 6.96. The molecule has 1 atom stereocenters. The van der Waals surface area contributed by atoms with Gasteiger partial charge in [0.05, 0.1) is 32.8 Å². The number of likely N-dealkylation sites (tertiary alicyclic amines) is 1. The van der Waals surface area contributed by atoms with Gasteiger partial charge in [0.25, 0.3) is 0 Å². The zero-order chi connectivity index (χ0) is 18.5. The quantitative estimate of drug-likeness (QED) is 0.666. The van der Waals surface area contributed by atoms with Crippen molar-refractivity contribution in [2.24, 2.45) is 0 Å². The number of esters is 1. The highest BCUT2D eigenvalue weighted by molar-refractivity contribution is 5.80. The van der Waals surface area contributed by atoms with E-state index in [0.717, 1.165) is 43.5 Å². The number of methoxy groups -OCH3 is 1. The Morgan fingerprint density at radius 3 is 2.50 bits per heavy atom. The van der Waals surface area contributed by atoms with Crippen molar-refractivity contribution in [2.75, 3.05) is 33.4 Å². The Labute approximate surface area is 155 Å². The van der Waals surface area contributed by atoms with Crippen LogP contribution < -0.4 is 4.74 Å². The van der Waals surface area contributed by atoms with Crippen LogP contribution in [0, 0.1) is 0 Å². The van der Waals surface area contributed by atoms with Crippen LogP contribution >= 0.6 is 0 Å². The second kappa shape index (κ2) is 8.54. The van der Waals surface area contributed by atoms with E-state index in [9.17, 15) is 9.59 Å². The van der Waals surface area contributed by atoms with Gasteiger partial charge in [-0.1, -0.05) is 12.1 Å². The van der Waals surface area contributed by atoms with Crippen molar-refractivity contribution in [2.45, 2.75) is 44.7 Å². The third-order valence-electron chi connectivity index (χ3n) is 5.11. The molecule has 1 aliphatic heterocycles. The second-order valence-electron chi connectivity index (χ2n) is 6.96. The molecule has 0 N–H and O–H groups in total. The smallest absolute Gasteiger partial charge is 0.320 e. The Bertz CT molecular complexity index is 627. The number of benzene rings is 1. The van der Waals surface area contributed by atoms with Crippen LogP contribution in [0.2, 0.25) is 0 Å². The minimum absolute atomic E-state index is 0.0968. The number of rotatable bonds is 8. The molecule has 6 nitrogen and oxygen atoms in total. The standard InChI is InChI=1S/C20H28N2O4/c1-3-26-20(24)14-21(16-8-9-16)13-19(23)22-12-4-5-18(22)15-6-10-17(25-2)11-7-15/h6-7,10-11,16,18H,3-5,8-9,12-14H2,1-2H3. The molecule has 2 fully saturated rings. The van der Waals surface area contributed by atoms with Gasteiger partial charge in [-0.2, -0.15) is 0 Å². The lowest BCUT2D eigenvalue weighted by atomic mass is 10.0. The fourth-order valence-corrected chi connectivity index (χ4v) is 3.63. The van der Waals surface area contributed by atoms with Gasteiger partial charge < -0.3 is 14.4 Å². The third-order valence-corrected chi connectivity index (χ3v) is 5.11. The summed E-state index contributed by atoms with van der Waals surface area (Å²) in [5.41, 5.74) is 1.14. The summed E-state index contributed by atoms with van der Waals surface area (Å²) in [5.74, 6) is 0.666. The topological polar surface area (TPSA) is 59.1 Å². The van der Waals surface area contributed by atoms with Gasteiger partial charge in [-0.05, 0) is 50.3 Å². The van der Waals surface area contributed by atoms with Crippen LogP contribution in [0.4, 0.5) is 0 Å². The first-order chi connectivity index (χ1) is 12.6. The molecule has 1 amide bonds. The van der Waals surface area contributed by atoms with Gasteiger partial charge >= 0.3 is 5.97 Å². The Kier molecular flexibility index (Phi) is 6.14. The number of ether oxygens (including phenoxy) is 2. The third kappa shape index (κ3) is 4.55. The molecular formula is C20H28N2O4. The average Bonchev–Trinajstić information content (AvgIpc) is 3.37. The van der Waals surface area contributed by atoms with Gasteiger partial charge in [0, 0.05) is 12.6 Å². The van der Waals surface area contributed by atoms with Gasteiger partial charge in [-0.3, -0.25) is 14.5 Å².